The number of benzene rings is 1. The number of hydrogen-bond donors (Lipinski definition) is 1. The van der Waals surface area contributed by atoms with Crippen molar-refractivity contribution >= 4 is 11.6 Å². The summed E-state index contributed by atoms with van der Waals surface area (Å²) in [6.45, 7) is 4.90. The third kappa shape index (κ3) is 4.25. The van der Waals surface area contributed by atoms with Gasteiger partial charge in [-0.15, -0.1) is 0 Å². The first-order valence-electron chi connectivity index (χ1n) is 6.17. The Morgan fingerprint density at radius 3 is 2.74 bits per heavy atom. The van der Waals surface area contributed by atoms with Crippen LogP contribution in [0.3, 0.4) is 0 Å². The number of anilines is 1. The molecule has 0 saturated heterocycles. The second kappa shape index (κ2) is 6.74. The van der Waals surface area contributed by atoms with Gasteiger partial charge in [0.25, 0.3) is 5.91 Å². The maximum absolute atomic E-state index is 13.1. The Balaban J connectivity index is 2.91. The van der Waals surface area contributed by atoms with Crippen LogP contribution in [-0.4, -0.2) is 23.9 Å². The number of carbonyl (C=O) groups is 1. The predicted molar refractivity (Wildman–Crippen MR) is 71.8 cm³/mol. The maximum atomic E-state index is 13.1. The normalized spacial score (nSPS) is 10.3. The molecule has 5 heteroatoms. The van der Waals surface area contributed by atoms with Gasteiger partial charge in [-0.3, -0.25) is 4.79 Å². The van der Waals surface area contributed by atoms with Crippen LogP contribution in [0.2, 0.25) is 0 Å². The summed E-state index contributed by atoms with van der Waals surface area (Å²) in [5.74, 6) is -0.472. The van der Waals surface area contributed by atoms with E-state index < -0.39 is 5.82 Å². The number of halogens is 1. The lowest BCUT2D eigenvalue weighted by molar-refractivity contribution is 0.0740. The number of amides is 1. The van der Waals surface area contributed by atoms with Crippen LogP contribution in [0.1, 0.15) is 30.6 Å². The van der Waals surface area contributed by atoms with Crippen LogP contribution in [0.15, 0.2) is 18.2 Å². The van der Waals surface area contributed by atoms with Crippen LogP contribution in [-0.2, 0) is 0 Å². The zero-order chi connectivity index (χ0) is 14.4. The van der Waals surface area contributed by atoms with Crippen LogP contribution in [0.5, 0.6) is 0 Å². The summed E-state index contributed by atoms with van der Waals surface area (Å²) in [6.07, 6.45) is 0.273. The predicted octanol–water partition coefficient (Wildman–Crippen LogP) is 2.42. The van der Waals surface area contributed by atoms with E-state index in [-0.39, 0.29) is 18.0 Å². The molecule has 1 amide bonds. The average Bonchev–Trinajstić information content (AvgIpc) is 2.36. The Labute approximate surface area is 112 Å². The van der Waals surface area contributed by atoms with E-state index in [0.29, 0.717) is 24.6 Å². The molecule has 0 saturated carbocycles. The van der Waals surface area contributed by atoms with E-state index in [1.807, 2.05) is 19.9 Å². The second-order valence-electron chi connectivity index (χ2n) is 4.79. The van der Waals surface area contributed by atoms with E-state index in [4.69, 9.17) is 11.0 Å². The van der Waals surface area contributed by atoms with Gasteiger partial charge in [0.05, 0.1) is 18.2 Å². The monoisotopic (exact) mass is 263 g/mol. The molecule has 0 atom stereocenters. The van der Waals surface area contributed by atoms with E-state index in [0.717, 1.165) is 0 Å². The number of hydrogen-bond acceptors (Lipinski definition) is 3. The zero-order valence-electron chi connectivity index (χ0n) is 11.2. The molecule has 0 heterocycles. The molecule has 1 rings (SSSR count). The van der Waals surface area contributed by atoms with Gasteiger partial charge in [0.2, 0.25) is 0 Å². The molecular formula is C14H18FN3O. The average molecular weight is 263 g/mol. The summed E-state index contributed by atoms with van der Waals surface area (Å²) < 4.78 is 13.1. The smallest absolute Gasteiger partial charge is 0.253 e. The summed E-state index contributed by atoms with van der Waals surface area (Å²) in [5, 5.41) is 8.62. The van der Waals surface area contributed by atoms with Gasteiger partial charge in [-0.1, -0.05) is 13.8 Å². The lowest BCUT2D eigenvalue weighted by atomic mass is 10.1. The fourth-order valence-corrected chi connectivity index (χ4v) is 1.76. The lowest BCUT2D eigenvalue weighted by Crippen LogP contribution is -2.35. The van der Waals surface area contributed by atoms with Crippen LogP contribution in [0.4, 0.5) is 10.1 Å². The molecule has 0 aromatic heterocycles. The zero-order valence-corrected chi connectivity index (χ0v) is 11.2. The van der Waals surface area contributed by atoms with Gasteiger partial charge < -0.3 is 10.6 Å². The number of carbonyl (C=O) groups excluding carboxylic acids is 1. The molecule has 102 valence electrons. The van der Waals surface area contributed by atoms with Crippen molar-refractivity contribution < 1.29 is 9.18 Å². The van der Waals surface area contributed by atoms with Gasteiger partial charge in [0.15, 0.2) is 0 Å². The molecule has 0 fully saturated rings. The number of rotatable bonds is 5. The molecule has 0 radical (unpaired) electrons. The summed E-state index contributed by atoms with van der Waals surface area (Å²) in [6, 6.07) is 5.94. The van der Waals surface area contributed by atoms with Crippen molar-refractivity contribution in [3.8, 4) is 6.07 Å². The summed E-state index contributed by atoms with van der Waals surface area (Å²) >= 11 is 0. The van der Waals surface area contributed by atoms with E-state index in [1.165, 1.54) is 18.2 Å². The molecule has 1 aromatic rings. The minimum Gasteiger partial charge on any atom is -0.396 e. The Morgan fingerprint density at radius 1 is 1.53 bits per heavy atom. The van der Waals surface area contributed by atoms with Crippen molar-refractivity contribution in [2.75, 3.05) is 18.8 Å². The fraction of sp³-hybridized carbons (Fsp3) is 0.429. The van der Waals surface area contributed by atoms with Crippen LogP contribution < -0.4 is 5.73 Å². The number of nitrogens with two attached hydrogens (primary N) is 1. The third-order valence-electron chi connectivity index (χ3n) is 2.61. The number of nitriles is 1. The van der Waals surface area contributed by atoms with Gasteiger partial charge in [0, 0.05) is 18.7 Å². The minimum absolute atomic E-state index is 0.0457. The number of nitrogen functional groups attached to an aromatic ring is 1. The molecule has 2 N–H and O–H groups in total. The Kier molecular flexibility index (Phi) is 5.31. The van der Waals surface area contributed by atoms with Crippen molar-refractivity contribution in [1.82, 2.24) is 4.90 Å². The van der Waals surface area contributed by atoms with Gasteiger partial charge in [-0.25, -0.2) is 4.39 Å². The van der Waals surface area contributed by atoms with Crippen molar-refractivity contribution in [3.05, 3.63) is 29.6 Å². The van der Waals surface area contributed by atoms with Crippen LogP contribution in [0.25, 0.3) is 0 Å². The first-order chi connectivity index (χ1) is 8.95. The van der Waals surface area contributed by atoms with E-state index in [1.54, 1.807) is 4.90 Å². The van der Waals surface area contributed by atoms with Gasteiger partial charge in [0.1, 0.15) is 5.82 Å². The van der Waals surface area contributed by atoms with Crippen LogP contribution in [0, 0.1) is 23.1 Å². The first-order valence-corrected chi connectivity index (χ1v) is 6.17. The molecular weight excluding hydrogens is 245 g/mol. The molecule has 0 aliphatic rings. The lowest BCUT2D eigenvalue weighted by Gasteiger charge is -2.23. The molecule has 0 unspecified atom stereocenters. The minimum atomic E-state index is -0.538. The molecule has 19 heavy (non-hydrogen) atoms. The largest absolute Gasteiger partial charge is 0.396 e. The Bertz CT molecular complexity index is 494. The highest BCUT2D eigenvalue weighted by molar-refractivity contribution is 5.95. The molecule has 4 nitrogen and oxygen atoms in total. The van der Waals surface area contributed by atoms with Crippen molar-refractivity contribution in [3.63, 3.8) is 0 Å². The SMILES string of the molecule is CC(C)CN(CCC#N)C(=O)c1ccc(F)c(N)c1. The van der Waals surface area contributed by atoms with Gasteiger partial charge in [-0.05, 0) is 24.1 Å². The first kappa shape index (κ1) is 15.0. The summed E-state index contributed by atoms with van der Waals surface area (Å²) in [4.78, 5) is 13.9. The van der Waals surface area contributed by atoms with E-state index >= 15 is 0 Å². The van der Waals surface area contributed by atoms with Crippen molar-refractivity contribution in [2.45, 2.75) is 20.3 Å². The maximum Gasteiger partial charge on any atom is 0.253 e. The van der Waals surface area contributed by atoms with Gasteiger partial charge >= 0.3 is 0 Å². The Hall–Kier alpha value is -2.09. The quantitative estimate of drug-likeness (QED) is 0.829. The number of nitrogens with zero attached hydrogens (tertiary/aromatic N) is 2. The highest BCUT2D eigenvalue weighted by Crippen LogP contribution is 2.15. The molecule has 0 spiro atoms. The third-order valence-corrected chi connectivity index (χ3v) is 2.61. The molecule has 1 aromatic carbocycles. The fourth-order valence-electron chi connectivity index (χ4n) is 1.76. The Morgan fingerprint density at radius 2 is 2.21 bits per heavy atom. The highest BCUT2D eigenvalue weighted by Gasteiger charge is 2.17. The molecule has 0 aliphatic carbocycles. The van der Waals surface area contributed by atoms with Crippen molar-refractivity contribution in [1.29, 1.82) is 5.26 Å². The standard InChI is InChI=1S/C14H18FN3O/c1-10(2)9-18(7-3-6-16)14(19)11-4-5-12(15)13(17)8-11/h4-5,8,10H,3,7,9,17H2,1-2H3. The summed E-state index contributed by atoms with van der Waals surface area (Å²) in [5.41, 5.74) is 5.76. The van der Waals surface area contributed by atoms with Gasteiger partial charge in [-0.2, -0.15) is 5.26 Å². The molecule has 0 aliphatic heterocycles. The van der Waals surface area contributed by atoms with Crippen LogP contribution >= 0.6 is 0 Å². The van der Waals surface area contributed by atoms with E-state index in [9.17, 15) is 9.18 Å². The highest BCUT2D eigenvalue weighted by atomic mass is 19.1. The topological polar surface area (TPSA) is 70.1 Å². The summed E-state index contributed by atoms with van der Waals surface area (Å²) in [7, 11) is 0. The molecule has 0 bridgehead atoms. The second-order valence-corrected chi connectivity index (χ2v) is 4.79. The van der Waals surface area contributed by atoms with E-state index in [2.05, 4.69) is 0 Å². The van der Waals surface area contributed by atoms with Crippen molar-refractivity contribution in [2.24, 2.45) is 5.92 Å².